The fraction of sp³-hybridized carbons (Fsp3) is 0.600. The van der Waals surface area contributed by atoms with Gasteiger partial charge in [-0.1, -0.05) is 0 Å². The molecule has 2 N–H and O–H groups in total. The number of piperazine rings is 1. The third-order valence-corrected chi connectivity index (χ3v) is 6.60. The minimum absolute atomic E-state index is 0. The molecule has 3 aliphatic rings. The summed E-state index contributed by atoms with van der Waals surface area (Å²) in [6, 6.07) is 4.19. The highest BCUT2D eigenvalue weighted by Gasteiger charge is 2.50. The molecule has 4 atom stereocenters. The van der Waals surface area contributed by atoms with E-state index in [0.717, 1.165) is 31.4 Å². The van der Waals surface area contributed by atoms with Crippen molar-refractivity contribution in [1.82, 2.24) is 9.80 Å². The molecule has 1 aromatic rings. The maximum atomic E-state index is 12.9. The number of carbonyl (C=O) groups excluding carboxylic acids is 2. The molecule has 4 rings (SSSR count). The van der Waals surface area contributed by atoms with E-state index in [1.807, 2.05) is 0 Å². The Bertz CT molecular complexity index is 761. The standard InChI is InChI=1S/C20H24F3N3O2.ClH/c21-20(22,23)15-5-3-12(4-6-15)18(27)25-7-9-26(10-8-25)19(28)16-13-1-2-14(11-13)17(16)24;/h3-6,13-14,16-17H,1-2,7-11,24H2;1H. The molecule has 2 saturated carbocycles. The van der Waals surface area contributed by atoms with E-state index in [0.29, 0.717) is 38.0 Å². The van der Waals surface area contributed by atoms with E-state index in [1.54, 1.807) is 9.80 Å². The molecule has 0 radical (unpaired) electrons. The van der Waals surface area contributed by atoms with E-state index >= 15 is 0 Å². The SMILES string of the molecule is Cl.NC1C2CCC(C2)C1C(=O)N1CCN(C(=O)c2ccc(C(F)(F)F)cc2)CC1. The maximum Gasteiger partial charge on any atom is 0.416 e. The molecule has 2 bridgehead atoms. The van der Waals surface area contributed by atoms with Crippen LogP contribution in [0, 0.1) is 17.8 Å². The second kappa shape index (κ2) is 8.14. The molecular weight excluding hydrogens is 407 g/mol. The zero-order valence-corrected chi connectivity index (χ0v) is 16.7. The minimum Gasteiger partial charge on any atom is -0.339 e. The van der Waals surface area contributed by atoms with Crippen molar-refractivity contribution in [1.29, 1.82) is 0 Å². The Morgan fingerprint density at radius 1 is 0.931 bits per heavy atom. The zero-order chi connectivity index (χ0) is 20.1. The number of amides is 2. The number of nitrogens with two attached hydrogens (primary N) is 1. The van der Waals surface area contributed by atoms with E-state index in [9.17, 15) is 22.8 Å². The Balaban J connectivity index is 0.00000240. The van der Waals surface area contributed by atoms with Gasteiger partial charge in [0.25, 0.3) is 5.91 Å². The van der Waals surface area contributed by atoms with Gasteiger partial charge in [0.1, 0.15) is 0 Å². The molecule has 0 aromatic heterocycles. The Labute approximate surface area is 173 Å². The molecule has 1 aliphatic heterocycles. The van der Waals surface area contributed by atoms with Crippen LogP contribution in [0.5, 0.6) is 0 Å². The van der Waals surface area contributed by atoms with Crippen molar-refractivity contribution in [3.8, 4) is 0 Å². The second-order valence-electron chi connectivity index (χ2n) is 8.13. The Kier molecular flexibility index (Phi) is 6.15. The Morgan fingerprint density at radius 2 is 1.48 bits per heavy atom. The highest BCUT2D eigenvalue weighted by Crippen LogP contribution is 2.48. The average Bonchev–Trinajstić information content (AvgIpc) is 3.28. The summed E-state index contributed by atoms with van der Waals surface area (Å²) in [5.41, 5.74) is 5.72. The van der Waals surface area contributed by atoms with Gasteiger partial charge in [0.05, 0.1) is 11.5 Å². The first kappa shape index (κ1) is 21.9. The monoisotopic (exact) mass is 431 g/mol. The van der Waals surface area contributed by atoms with Crippen LogP contribution >= 0.6 is 12.4 Å². The summed E-state index contributed by atoms with van der Waals surface area (Å²) in [4.78, 5) is 28.9. The van der Waals surface area contributed by atoms with Crippen LogP contribution in [0.25, 0.3) is 0 Å². The van der Waals surface area contributed by atoms with Crippen LogP contribution in [-0.2, 0) is 11.0 Å². The van der Waals surface area contributed by atoms with E-state index in [-0.39, 0.29) is 41.7 Å². The molecular formula is C20H25ClF3N3O2. The normalized spacial score (nSPS) is 29.0. The zero-order valence-electron chi connectivity index (χ0n) is 15.9. The van der Waals surface area contributed by atoms with E-state index in [4.69, 9.17) is 5.73 Å². The summed E-state index contributed by atoms with van der Waals surface area (Å²) in [7, 11) is 0. The van der Waals surface area contributed by atoms with Crippen molar-refractivity contribution < 1.29 is 22.8 Å². The quantitative estimate of drug-likeness (QED) is 0.783. The van der Waals surface area contributed by atoms with Crippen molar-refractivity contribution in [3.05, 3.63) is 35.4 Å². The summed E-state index contributed by atoms with van der Waals surface area (Å²) >= 11 is 0. The van der Waals surface area contributed by atoms with Crippen molar-refractivity contribution in [3.63, 3.8) is 0 Å². The van der Waals surface area contributed by atoms with Crippen molar-refractivity contribution in [2.24, 2.45) is 23.5 Å². The van der Waals surface area contributed by atoms with Crippen LogP contribution in [0.1, 0.15) is 35.2 Å². The van der Waals surface area contributed by atoms with Gasteiger partial charge >= 0.3 is 6.18 Å². The molecule has 2 amide bonds. The highest BCUT2D eigenvalue weighted by molar-refractivity contribution is 5.94. The lowest BCUT2D eigenvalue weighted by Crippen LogP contribution is -2.54. The summed E-state index contributed by atoms with van der Waals surface area (Å²) in [5, 5.41) is 0. The summed E-state index contributed by atoms with van der Waals surface area (Å²) in [5.74, 6) is 0.537. The first-order valence-electron chi connectivity index (χ1n) is 9.76. The number of alkyl halides is 3. The Hall–Kier alpha value is -1.80. The molecule has 160 valence electrons. The van der Waals surface area contributed by atoms with E-state index in [2.05, 4.69) is 0 Å². The van der Waals surface area contributed by atoms with Crippen LogP contribution in [0.3, 0.4) is 0 Å². The smallest absolute Gasteiger partial charge is 0.339 e. The molecule has 2 aliphatic carbocycles. The number of carbonyl (C=O) groups is 2. The summed E-state index contributed by atoms with van der Waals surface area (Å²) in [6.45, 7) is 1.63. The molecule has 1 heterocycles. The third kappa shape index (κ3) is 4.10. The number of fused-ring (bicyclic) bond motifs is 2. The van der Waals surface area contributed by atoms with Gasteiger partial charge in [0.2, 0.25) is 5.91 Å². The maximum absolute atomic E-state index is 12.9. The summed E-state index contributed by atoms with van der Waals surface area (Å²) < 4.78 is 38.0. The third-order valence-electron chi connectivity index (χ3n) is 6.60. The molecule has 29 heavy (non-hydrogen) atoms. The van der Waals surface area contributed by atoms with E-state index in [1.165, 1.54) is 12.1 Å². The van der Waals surface area contributed by atoms with Gasteiger partial charge in [-0.05, 0) is 55.4 Å². The first-order valence-corrected chi connectivity index (χ1v) is 9.76. The van der Waals surface area contributed by atoms with Crippen LogP contribution in [-0.4, -0.2) is 53.8 Å². The minimum atomic E-state index is -4.42. The number of rotatable bonds is 2. The lowest BCUT2D eigenvalue weighted by Gasteiger charge is -2.38. The van der Waals surface area contributed by atoms with Gasteiger partial charge in [-0.25, -0.2) is 0 Å². The predicted molar refractivity (Wildman–Crippen MR) is 103 cm³/mol. The second-order valence-corrected chi connectivity index (χ2v) is 8.13. The molecule has 1 aromatic carbocycles. The topological polar surface area (TPSA) is 66.6 Å². The fourth-order valence-corrected chi connectivity index (χ4v) is 5.03. The van der Waals surface area contributed by atoms with Gasteiger partial charge < -0.3 is 15.5 Å². The Morgan fingerprint density at radius 3 is 2.00 bits per heavy atom. The molecule has 3 fully saturated rings. The number of hydrogen-bond donors (Lipinski definition) is 1. The number of nitrogens with zero attached hydrogens (tertiary/aromatic N) is 2. The van der Waals surface area contributed by atoms with Gasteiger partial charge in [-0.3, -0.25) is 9.59 Å². The van der Waals surface area contributed by atoms with Gasteiger partial charge in [0.15, 0.2) is 0 Å². The molecule has 1 saturated heterocycles. The number of benzene rings is 1. The molecule has 4 unspecified atom stereocenters. The van der Waals surface area contributed by atoms with Crippen LogP contribution in [0.4, 0.5) is 13.2 Å². The average molecular weight is 432 g/mol. The van der Waals surface area contributed by atoms with Crippen molar-refractivity contribution in [2.45, 2.75) is 31.5 Å². The molecule has 9 heteroatoms. The largest absolute Gasteiger partial charge is 0.416 e. The van der Waals surface area contributed by atoms with Gasteiger partial charge in [-0.15, -0.1) is 12.4 Å². The van der Waals surface area contributed by atoms with E-state index < -0.39 is 11.7 Å². The van der Waals surface area contributed by atoms with Crippen molar-refractivity contribution in [2.75, 3.05) is 26.2 Å². The van der Waals surface area contributed by atoms with Gasteiger partial charge in [-0.2, -0.15) is 13.2 Å². The summed E-state index contributed by atoms with van der Waals surface area (Å²) in [6.07, 6.45) is -1.19. The molecule has 0 spiro atoms. The first-order chi connectivity index (χ1) is 13.3. The lowest BCUT2D eigenvalue weighted by molar-refractivity contribution is -0.139. The van der Waals surface area contributed by atoms with Crippen LogP contribution in [0.15, 0.2) is 24.3 Å². The van der Waals surface area contributed by atoms with Crippen molar-refractivity contribution >= 4 is 24.2 Å². The van der Waals surface area contributed by atoms with Crippen LogP contribution in [0.2, 0.25) is 0 Å². The highest BCUT2D eigenvalue weighted by atomic mass is 35.5. The van der Waals surface area contributed by atoms with Crippen LogP contribution < -0.4 is 5.73 Å². The molecule has 5 nitrogen and oxygen atoms in total. The fourth-order valence-electron chi connectivity index (χ4n) is 5.03. The van der Waals surface area contributed by atoms with Gasteiger partial charge in [0, 0.05) is 37.8 Å². The number of halogens is 4. The predicted octanol–water partition coefficient (Wildman–Crippen LogP) is 2.79. The number of hydrogen-bond acceptors (Lipinski definition) is 3. The lowest BCUT2D eigenvalue weighted by atomic mass is 9.84.